The Morgan fingerprint density at radius 2 is 2.28 bits per heavy atom. The Bertz CT molecular complexity index is 598. The van der Waals surface area contributed by atoms with Crippen LogP contribution in [0.3, 0.4) is 0 Å². The van der Waals surface area contributed by atoms with Crippen LogP contribution in [0, 0.1) is 0 Å². The fraction of sp³-hybridized carbons (Fsp3) is 0.308. The molecule has 0 aliphatic heterocycles. The van der Waals surface area contributed by atoms with Gasteiger partial charge in [-0.2, -0.15) is 14.8 Å². The van der Waals surface area contributed by atoms with Gasteiger partial charge in [-0.25, -0.2) is 0 Å². The molecule has 0 aliphatic carbocycles. The van der Waals surface area contributed by atoms with Crippen molar-refractivity contribution in [2.75, 3.05) is 14.1 Å². The SMILES string of the molecule is CCc1nn2ncccc2c1C(=O)C=CN(C)C. The number of hydrogen-bond donors (Lipinski definition) is 0. The quantitative estimate of drug-likeness (QED) is 0.605. The molecule has 2 heterocycles. The molecular weight excluding hydrogens is 228 g/mol. The summed E-state index contributed by atoms with van der Waals surface area (Å²) in [5, 5.41) is 8.42. The molecule has 0 saturated heterocycles. The van der Waals surface area contributed by atoms with Crippen LogP contribution in [0.5, 0.6) is 0 Å². The average molecular weight is 244 g/mol. The van der Waals surface area contributed by atoms with Gasteiger partial charge in [-0.1, -0.05) is 6.92 Å². The maximum atomic E-state index is 12.2. The van der Waals surface area contributed by atoms with E-state index in [0.717, 1.165) is 11.2 Å². The zero-order valence-electron chi connectivity index (χ0n) is 10.8. The minimum absolute atomic E-state index is 0.0384. The summed E-state index contributed by atoms with van der Waals surface area (Å²) in [6.45, 7) is 1.98. The van der Waals surface area contributed by atoms with Crippen LogP contribution in [-0.4, -0.2) is 39.6 Å². The van der Waals surface area contributed by atoms with Crippen molar-refractivity contribution < 1.29 is 4.79 Å². The van der Waals surface area contributed by atoms with Crippen LogP contribution < -0.4 is 0 Å². The van der Waals surface area contributed by atoms with Gasteiger partial charge in [0.05, 0.1) is 16.8 Å². The van der Waals surface area contributed by atoms with E-state index in [1.165, 1.54) is 4.63 Å². The Hall–Kier alpha value is -2.17. The largest absolute Gasteiger partial charge is 0.383 e. The molecule has 0 N–H and O–H groups in total. The highest BCUT2D eigenvalue weighted by atomic mass is 16.1. The first kappa shape index (κ1) is 12.3. The van der Waals surface area contributed by atoms with Gasteiger partial charge in [-0.05, 0) is 18.6 Å². The zero-order valence-corrected chi connectivity index (χ0v) is 10.8. The molecule has 0 spiro atoms. The van der Waals surface area contributed by atoms with Crippen LogP contribution >= 0.6 is 0 Å². The van der Waals surface area contributed by atoms with Gasteiger partial charge >= 0.3 is 0 Å². The third kappa shape index (κ3) is 2.25. The molecule has 0 saturated carbocycles. The lowest BCUT2D eigenvalue weighted by Gasteiger charge is -2.02. The normalized spacial score (nSPS) is 11.3. The fourth-order valence-electron chi connectivity index (χ4n) is 1.76. The molecule has 0 radical (unpaired) electrons. The predicted octanol–water partition coefficient (Wildman–Crippen LogP) is 1.55. The summed E-state index contributed by atoms with van der Waals surface area (Å²) in [6, 6.07) is 3.67. The van der Waals surface area contributed by atoms with Gasteiger partial charge in [-0.15, -0.1) is 0 Å². The highest BCUT2D eigenvalue weighted by Gasteiger charge is 2.16. The second-order valence-corrected chi connectivity index (χ2v) is 4.22. The molecule has 5 nitrogen and oxygen atoms in total. The first-order valence-electron chi connectivity index (χ1n) is 5.85. The monoisotopic (exact) mass is 244 g/mol. The standard InChI is InChI=1S/C13H16N4O/c1-4-10-13(12(18)7-9-16(2)3)11-6-5-8-14-17(11)15-10/h5-9H,4H2,1-3H3. The Kier molecular flexibility index (Phi) is 3.41. The third-order valence-corrected chi connectivity index (χ3v) is 2.60. The second-order valence-electron chi connectivity index (χ2n) is 4.22. The Balaban J connectivity index is 2.51. The first-order valence-corrected chi connectivity index (χ1v) is 5.85. The van der Waals surface area contributed by atoms with Gasteiger partial charge in [0.25, 0.3) is 0 Å². The van der Waals surface area contributed by atoms with Gasteiger partial charge in [0.2, 0.25) is 0 Å². The van der Waals surface area contributed by atoms with Crippen LogP contribution in [0.1, 0.15) is 23.0 Å². The number of carbonyl (C=O) groups excluding carboxylic acids is 1. The first-order chi connectivity index (χ1) is 8.63. The number of allylic oxidation sites excluding steroid dienone is 1. The third-order valence-electron chi connectivity index (χ3n) is 2.60. The number of rotatable bonds is 4. The van der Waals surface area contributed by atoms with E-state index in [-0.39, 0.29) is 5.78 Å². The van der Waals surface area contributed by atoms with E-state index < -0.39 is 0 Å². The number of hydrogen-bond acceptors (Lipinski definition) is 4. The number of nitrogens with zero attached hydrogens (tertiary/aromatic N) is 4. The van der Waals surface area contributed by atoms with E-state index in [2.05, 4.69) is 10.2 Å². The summed E-state index contributed by atoms with van der Waals surface area (Å²) < 4.78 is 1.51. The number of aryl methyl sites for hydroxylation is 1. The lowest BCUT2D eigenvalue weighted by Crippen LogP contribution is -2.04. The molecule has 2 aromatic heterocycles. The van der Waals surface area contributed by atoms with Gasteiger partial charge in [0, 0.05) is 32.6 Å². The lowest BCUT2D eigenvalue weighted by molar-refractivity contribution is 0.104. The second kappa shape index (κ2) is 5.00. The molecule has 94 valence electrons. The lowest BCUT2D eigenvalue weighted by atomic mass is 10.1. The fourth-order valence-corrected chi connectivity index (χ4v) is 1.76. The minimum atomic E-state index is -0.0384. The number of carbonyl (C=O) groups is 1. The van der Waals surface area contributed by atoms with Gasteiger partial charge in [0.15, 0.2) is 5.78 Å². The number of ketones is 1. The molecule has 0 unspecified atom stereocenters. The van der Waals surface area contributed by atoms with Crippen molar-refractivity contribution in [3.63, 3.8) is 0 Å². The number of aromatic nitrogens is 3. The Morgan fingerprint density at radius 1 is 1.50 bits per heavy atom. The highest BCUT2D eigenvalue weighted by Crippen LogP contribution is 2.16. The van der Waals surface area contributed by atoms with E-state index >= 15 is 0 Å². The van der Waals surface area contributed by atoms with E-state index in [1.807, 2.05) is 38.1 Å². The van der Waals surface area contributed by atoms with Crippen molar-refractivity contribution in [3.05, 3.63) is 41.9 Å². The molecule has 0 aliphatic rings. The van der Waals surface area contributed by atoms with Gasteiger partial charge in [0.1, 0.15) is 0 Å². The van der Waals surface area contributed by atoms with Crippen LogP contribution in [0.15, 0.2) is 30.6 Å². The van der Waals surface area contributed by atoms with Crippen molar-refractivity contribution in [2.45, 2.75) is 13.3 Å². The Morgan fingerprint density at radius 3 is 2.94 bits per heavy atom. The summed E-state index contributed by atoms with van der Waals surface area (Å²) >= 11 is 0. The minimum Gasteiger partial charge on any atom is -0.383 e. The van der Waals surface area contributed by atoms with Crippen molar-refractivity contribution >= 4 is 11.3 Å². The number of fused-ring (bicyclic) bond motifs is 1. The summed E-state index contributed by atoms with van der Waals surface area (Å²) in [5.74, 6) is -0.0384. The van der Waals surface area contributed by atoms with Gasteiger partial charge in [-0.3, -0.25) is 4.79 Å². The molecule has 0 atom stereocenters. The zero-order chi connectivity index (χ0) is 13.1. The molecule has 2 rings (SSSR count). The molecule has 2 aromatic rings. The summed E-state index contributed by atoms with van der Waals surface area (Å²) in [4.78, 5) is 14.0. The molecule has 0 fully saturated rings. The molecule has 0 bridgehead atoms. The molecular formula is C13H16N4O. The average Bonchev–Trinajstić information content (AvgIpc) is 2.74. The predicted molar refractivity (Wildman–Crippen MR) is 69.5 cm³/mol. The van der Waals surface area contributed by atoms with Crippen molar-refractivity contribution in [1.82, 2.24) is 19.7 Å². The van der Waals surface area contributed by atoms with Crippen LogP contribution in [0.2, 0.25) is 0 Å². The molecule has 0 amide bonds. The highest BCUT2D eigenvalue weighted by molar-refractivity contribution is 6.10. The maximum absolute atomic E-state index is 12.2. The van der Waals surface area contributed by atoms with Crippen molar-refractivity contribution in [2.24, 2.45) is 0 Å². The molecule has 5 heteroatoms. The topological polar surface area (TPSA) is 50.5 Å². The van der Waals surface area contributed by atoms with E-state index in [1.54, 1.807) is 18.5 Å². The maximum Gasteiger partial charge on any atom is 0.191 e. The molecule has 0 aromatic carbocycles. The van der Waals surface area contributed by atoms with Crippen LogP contribution in [-0.2, 0) is 6.42 Å². The van der Waals surface area contributed by atoms with Gasteiger partial charge < -0.3 is 4.90 Å². The summed E-state index contributed by atoms with van der Waals surface area (Å²) in [7, 11) is 3.75. The Labute approximate surface area is 106 Å². The summed E-state index contributed by atoms with van der Waals surface area (Å²) in [6.07, 6.45) is 5.66. The van der Waals surface area contributed by atoms with E-state index in [4.69, 9.17) is 0 Å². The summed E-state index contributed by atoms with van der Waals surface area (Å²) in [5.41, 5.74) is 2.17. The van der Waals surface area contributed by atoms with Crippen molar-refractivity contribution in [3.8, 4) is 0 Å². The van der Waals surface area contributed by atoms with Crippen LogP contribution in [0.4, 0.5) is 0 Å². The van der Waals surface area contributed by atoms with Crippen LogP contribution in [0.25, 0.3) is 5.52 Å². The smallest absolute Gasteiger partial charge is 0.191 e. The van der Waals surface area contributed by atoms with Crippen molar-refractivity contribution in [1.29, 1.82) is 0 Å². The molecule has 18 heavy (non-hydrogen) atoms. The van der Waals surface area contributed by atoms with E-state index in [9.17, 15) is 4.79 Å². The van der Waals surface area contributed by atoms with E-state index in [0.29, 0.717) is 12.0 Å².